The van der Waals surface area contributed by atoms with Gasteiger partial charge in [0.1, 0.15) is 4.90 Å². The summed E-state index contributed by atoms with van der Waals surface area (Å²) in [4.78, 5) is 0.259. The molecule has 5 heteroatoms. The molecule has 1 rings (SSSR count). The minimum atomic E-state index is -3.54. The fraction of sp³-hybridized carbons (Fsp3) is 0.571. The molecular formula is C14H24N2O2S. The lowest BCUT2D eigenvalue weighted by Crippen LogP contribution is -2.38. The van der Waals surface area contributed by atoms with Crippen LogP contribution in [0.2, 0.25) is 0 Å². The Kier molecular flexibility index (Phi) is 4.98. The molecule has 19 heavy (non-hydrogen) atoms. The summed E-state index contributed by atoms with van der Waals surface area (Å²) in [6.45, 7) is 9.95. The predicted octanol–water partition coefficient (Wildman–Crippen LogP) is 2.69. The van der Waals surface area contributed by atoms with Gasteiger partial charge >= 0.3 is 0 Å². The Balaban J connectivity index is 3.46. The Hall–Kier alpha value is -1.07. The largest absolute Gasteiger partial charge is 0.398 e. The van der Waals surface area contributed by atoms with E-state index >= 15 is 0 Å². The van der Waals surface area contributed by atoms with Crippen LogP contribution < -0.4 is 5.73 Å². The molecule has 0 aliphatic heterocycles. The number of hydrogen-bond donors (Lipinski definition) is 1. The molecule has 1 aromatic rings. The molecule has 0 fully saturated rings. The monoisotopic (exact) mass is 284 g/mol. The molecular weight excluding hydrogens is 260 g/mol. The second kappa shape index (κ2) is 5.92. The van der Waals surface area contributed by atoms with Crippen molar-refractivity contribution in [3.63, 3.8) is 0 Å². The highest BCUT2D eigenvalue weighted by Crippen LogP contribution is 2.29. The van der Waals surface area contributed by atoms with Gasteiger partial charge in [-0.05, 0) is 51.3 Å². The number of nitrogens with zero attached hydrogens (tertiary/aromatic N) is 1. The van der Waals surface area contributed by atoms with Crippen LogP contribution in [0.25, 0.3) is 0 Å². The third kappa shape index (κ3) is 3.09. The SMILES string of the molecule is CCCN(C(C)C)S(=O)(=O)c1c(N)ccc(C)c1C. The van der Waals surface area contributed by atoms with Crippen LogP contribution in [0.3, 0.4) is 0 Å². The molecule has 0 aromatic heterocycles. The van der Waals surface area contributed by atoms with Gasteiger partial charge in [0.05, 0.1) is 5.69 Å². The fourth-order valence-electron chi connectivity index (χ4n) is 2.15. The number of nitrogens with two attached hydrogens (primary N) is 1. The van der Waals surface area contributed by atoms with Crippen molar-refractivity contribution < 1.29 is 8.42 Å². The molecule has 0 aliphatic carbocycles. The summed E-state index contributed by atoms with van der Waals surface area (Å²) >= 11 is 0. The van der Waals surface area contributed by atoms with Crippen molar-refractivity contribution in [2.45, 2.75) is 52.0 Å². The summed E-state index contributed by atoms with van der Waals surface area (Å²) < 4.78 is 27.1. The molecule has 0 heterocycles. The average molecular weight is 284 g/mol. The third-order valence-corrected chi connectivity index (χ3v) is 5.57. The number of nitrogen functional groups attached to an aromatic ring is 1. The molecule has 2 N–H and O–H groups in total. The van der Waals surface area contributed by atoms with Crippen LogP contribution in [0.4, 0.5) is 5.69 Å². The van der Waals surface area contributed by atoms with E-state index in [9.17, 15) is 8.42 Å². The highest BCUT2D eigenvalue weighted by Gasteiger charge is 2.29. The molecule has 0 unspecified atom stereocenters. The van der Waals surface area contributed by atoms with Crippen molar-refractivity contribution in [1.29, 1.82) is 0 Å². The van der Waals surface area contributed by atoms with Gasteiger partial charge in [-0.1, -0.05) is 13.0 Å². The van der Waals surface area contributed by atoms with Crippen molar-refractivity contribution in [1.82, 2.24) is 4.31 Å². The number of hydrogen-bond acceptors (Lipinski definition) is 3. The van der Waals surface area contributed by atoms with Crippen LogP contribution in [0.15, 0.2) is 17.0 Å². The van der Waals surface area contributed by atoms with E-state index in [0.717, 1.165) is 17.5 Å². The van der Waals surface area contributed by atoms with Crippen LogP contribution in [0, 0.1) is 13.8 Å². The first-order chi connectivity index (χ1) is 8.73. The van der Waals surface area contributed by atoms with Gasteiger partial charge in [-0.25, -0.2) is 8.42 Å². The molecule has 4 nitrogen and oxygen atoms in total. The van der Waals surface area contributed by atoms with Crippen molar-refractivity contribution in [3.05, 3.63) is 23.3 Å². The maximum Gasteiger partial charge on any atom is 0.245 e. The van der Waals surface area contributed by atoms with Gasteiger partial charge in [-0.3, -0.25) is 0 Å². The van der Waals surface area contributed by atoms with Gasteiger partial charge in [0.2, 0.25) is 10.0 Å². The standard InChI is InChI=1S/C14H24N2O2S/c1-6-9-16(10(2)3)19(17,18)14-12(5)11(4)7-8-13(14)15/h7-8,10H,6,9,15H2,1-5H3. The van der Waals surface area contributed by atoms with Crippen molar-refractivity contribution in [2.75, 3.05) is 12.3 Å². The maximum absolute atomic E-state index is 12.8. The molecule has 0 amide bonds. The van der Waals surface area contributed by atoms with E-state index in [2.05, 4.69) is 0 Å². The van der Waals surface area contributed by atoms with E-state index in [1.54, 1.807) is 6.07 Å². The highest BCUT2D eigenvalue weighted by molar-refractivity contribution is 7.89. The molecule has 0 bridgehead atoms. The topological polar surface area (TPSA) is 63.4 Å². The molecule has 0 radical (unpaired) electrons. The fourth-order valence-corrected chi connectivity index (χ4v) is 4.27. The second-order valence-corrected chi connectivity index (χ2v) is 6.96. The first-order valence-corrected chi connectivity index (χ1v) is 8.05. The van der Waals surface area contributed by atoms with E-state index in [0.29, 0.717) is 12.2 Å². The minimum absolute atomic E-state index is 0.0794. The van der Waals surface area contributed by atoms with Crippen LogP contribution in [0.1, 0.15) is 38.3 Å². The Labute approximate surface area is 116 Å². The van der Waals surface area contributed by atoms with E-state index in [-0.39, 0.29) is 10.9 Å². The zero-order valence-corrected chi connectivity index (χ0v) is 13.2. The Bertz CT molecular complexity index is 551. The van der Waals surface area contributed by atoms with Crippen molar-refractivity contribution >= 4 is 15.7 Å². The summed E-state index contributed by atoms with van der Waals surface area (Å²) in [5.41, 5.74) is 7.90. The van der Waals surface area contributed by atoms with E-state index < -0.39 is 10.0 Å². The van der Waals surface area contributed by atoms with Gasteiger partial charge < -0.3 is 5.73 Å². The molecule has 0 saturated carbocycles. The summed E-state index contributed by atoms with van der Waals surface area (Å²) in [6.07, 6.45) is 0.780. The molecule has 0 spiro atoms. The molecule has 0 saturated heterocycles. The van der Waals surface area contributed by atoms with Gasteiger partial charge in [0.25, 0.3) is 0 Å². The first kappa shape index (κ1) is 16.0. The molecule has 0 aliphatic rings. The lowest BCUT2D eigenvalue weighted by Gasteiger charge is -2.27. The minimum Gasteiger partial charge on any atom is -0.398 e. The number of anilines is 1. The zero-order valence-electron chi connectivity index (χ0n) is 12.4. The smallest absolute Gasteiger partial charge is 0.245 e. The summed E-state index contributed by atoms with van der Waals surface area (Å²) in [5.74, 6) is 0. The third-order valence-electron chi connectivity index (χ3n) is 3.29. The van der Waals surface area contributed by atoms with Gasteiger partial charge in [-0.15, -0.1) is 0 Å². The normalized spacial score (nSPS) is 12.4. The van der Waals surface area contributed by atoms with E-state index in [1.807, 2.05) is 40.7 Å². The van der Waals surface area contributed by atoms with Gasteiger partial charge in [0.15, 0.2) is 0 Å². The van der Waals surface area contributed by atoms with Crippen molar-refractivity contribution in [3.8, 4) is 0 Å². The molecule has 1 aromatic carbocycles. The van der Waals surface area contributed by atoms with Crippen LogP contribution in [-0.4, -0.2) is 25.3 Å². The maximum atomic E-state index is 12.8. The zero-order chi connectivity index (χ0) is 14.8. The lowest BCUT2D eigenvalue weighted by molar-refractivity contribution is 0.354. The van der Waals surface area contributed by atoms with Gasteiger partial charge in [0, 0.05) is 12.6 Å². The second-order valence-electron chi connectivity index (χ2n) is 5.14. The van der Waals surface area contributed by atoms with Gasteiger partial charge in [-0.2, -0.15) is 4.31 Å². The van der Waals surface area contributed by atoms with Crippen LogP contribution in [-0.2, 0) is 10.0 Å². The van der Waals surface area contributed by atoms with Crippen molar-refractivity contribution in [2.24, 2.45) is 0 Å². The predicted molar refractivity (Wildman–Crippen MR) is 79.6 cm³/mol. The number of rotatable bonds is 5. The highest BCUT2D eigenvalue weighted by atomic mass is 32.2. The number of aryl methyl sites for hydroxylation is 1. The number of sulfonamides is 1. The summed E-state index contributed by atoms with van der Waals surface area (Å²) in [6, 6.07) is 3.44. The lowest BCUT2D eigenvalue weighted by atomic mass is 10.1. The average Bonchev–Trinajstić information content (AvgIpc) is 2.30. The number of benzene rings is 1. The first-order valence-electron chi connectivity index (χ1n) is 6.61. The van der Waals surface area contributed by atoms with Crippen LogP contribution in [0.5, 0.6) is 0 Å². The van der Waals surface area contributed by atoms with E-state index in [4.69, 9.17) is 5.73 Å². The molecule has 108 valence electrons. The Morgan fingerprint density at radius 1 is 1.26 bits per heavy atom. The quantitative estimate of drug-likeness (QED) is 0.846. The van der Waals surface area contributed by atoms with Crippen LogP contribution >= 0.6 is 0 Å². The Morgan fingerprint density at radius 2 is 1.84 bits per heavy atom. The summed E-state index contributed by atoms with van der Waals surface area (Å²) in [7, 11) is -3.54. The summed E-state index contributed by atoms with van der Waals surface area (Å²) in [5, 5.41) is 0. The van der Waals surface area contributed by atoms with E-state index in [1.165, 1.54) is 4.31 Å². The molecule has 0 atom stereocenters. The Morgan fingerprint density at radius 3 is 2.32 bits per heavy atom.